The first-order chi connectivity index (χ1) is 19.0. The summed E-state index contributed by atoms with van der Waals surface area (Å²) >= 11 is 7.70. The van der Waals surface area contributed by atoms with Crippen molar-refractivity contribution in [1.29, 1.82) is 0 Å². The minimum Gasteiger partial charge on any atom is -0.497 e. The number of ketones is 3. The molecule has 2 aliphatic heterocycles. The van der Waals surface area contributed by atoms with Crippen molar-refractivity contribution in [3.63, 3.8) is 0 Å². The highest BCUT2D eigenvalue weighted by molar-refractivity contribution is 7.12. The third-order valence-corrected chi connectivity index (χ3v) is 9.39. The van der Waals surface area contributed by atoms with Gasteiger partial charge in [0.1, 0.15) is 17.2 Å². The Balaban J connectivity index is 1.54. The summed E-state index contributed by atoms with van der Waals surface area (Å²) in [5.74, 6) is -0.719. The van der Waals surface area contributed by atoms with Crippen LogP contribution < -0.4 is 9.64 Å². The van der Waals surface area contributed by atoms with Gasteiger partial charge in [-0.3, -0.25) is 14.4 Å². The summed E-state index contributed by atoms with van der Waals surface area (Å²) in [4.78, 5) is 46.2. The molecular weight excluding hydrogens is 530 g/mol. The molecular formula is C32H22ClNO4S. The number of Topliss-reactive ketones (excluding diaryl/α,β-unsaturated/α-hetero) is 3. The molecule has 1 aliphatic carbocycles. The molecule has 3 aliphatic rings. The van der Waals surface area contributed by atoms with Gasteiger partial charge in [-0.1, -0.05) is 66.2 Å². The number of thiophene rings is 1. The number of rotatable bonds is 4. The number of halogens is 1. The van der Waals surface area contributed by atoms with Crippen molar-refractivity contribution >= 4 is 52.1 Å². The van der Waals surface area contributed by atoms with E-state index in [1.165, 1.54) is 11.3 Å². The van der Waals surface area contributed by atoms with Gasteiger partial charge in [0.15, 0.2) is 17.3 Å². The number of benzene rings is 3. The topological polar surface area (TPSA) is 63.7 Å². The van der Waals surface area contributed by atoms with Crippen LogP contribution in [0.15, 0.2) is 90.3 Å². The molecule has 0 unspecified atom stereocenters. The molecule has 1 saturated heterocycles. The largest absolute Gasteiger partial charge is 0.497 e. The molecule has 5 nitrogen and oxygen atoms in total. The molecule has 1 fully saturated rings. The van der Waals surface area contributed by atoms with Crippen molar-refractivity contribution in [1.82, 2.24) is 0 Å². The number of hydrogen-bond acceptors (Lipinski definition) is 6. The highest BCUT2D eigenvalue weighted by Crippen LogP contribution is 2.61. The lowest BCUT2D eigenvalue weighted by Crippen LogP contribution is -2.48. The van der Waals surface area contributed by atoms with E-state index in [4.69, 9.17) is 16.3 Å². The molecule has 1 aromatic heterocycles. The van der Waals surface area contributed by atoms with E-state index < -0.39 is 23.4 Å². The Labute approximate surface area is 234 Å². The van der Waals surface area contributed by atoms with E-state index in [1.807, 2.05) is 64.9 Å². The van der Waals surface area contributed by atoms with Crippen LogP contribution in [0.25, 0.3) is 6.08 Å². The first kappa shape index (κ1) is 24.1. The maximum Gasteiger partial charge on any atom is 0.195 e. The van der Waals surface area contributed by atoms with Gasteiger partial charge < -0.3 is 9.64 Å². The molecule has 3 aromatic carbocycles. The molecule has 39 heavy (non-hydrogen) atoms. The SMILES string of the molecule is COc1ccc([C@@H]2[C@H](C(=O)c3cccs3)N3c4ccc(Cl)cc4C=C[C@@H]3C23C(=O)c2ccccc2C3=O)cc1. The number of hydrogen-bond donors (Lipinski definition) is 0. The smallest absolute Gasteiger partial charge is 0.195 e. The molecule has 3 atom stereocenters. The lowest BCUT2D eigenvalue weighted by atomic mass is 9.64. The minimum absolute atomic E-state index is 0.125. The highest BCUT2D eigenvalue weighted by atomic mass is 35.5. The third kappa shape index (κ3) is 3.22. The van der Waals surface area contributed by atoms with Crippen LogP contribution in [0.3, 0.4) is 0 Å². The average Bonchev–Trinajstić information content (AvgIpc) is 3.66. The molecule has 0 saturated carbocycles. The number of carbonyl (C=O) groups excluding carboxylic acids is 3. The average molecular weight is 552 g/mol. The van der Waals surface area contributed by atoms with Crippen molar-refractivity contribution in [3.8, 4) is 5.75 Å². The van der Waals surface area contributed by atoms with Gasteiger partial charge in [-0.05, 0) is 52.9 Å². The summed E-state index contributed by atoms with van der Waals surface area (Å²) in [5, 5.41) is 2.43. The highest BCUT2D eigenvalue weighted by Gasteiger charge is 2.71. The van der Waals surface area contributed by atoms with Crippen LogP contribution in [0.2, 0.25) is 5.02 Å². The van der Waals surface area contributed by atoms with Gasteiger partial charge in [-0.15, -0.1) is 11.3 Å². The number of nitrogens with zero attached hydrogens (tertiary/aromatic N) is 1. The lowest BCUT2D eigenvalue weighted by Gasteiger charge is -2.37. The van der Waals surface area contributed by atoms with E-state index in [9.17, 15) is 14.4 Å². The van der Waals surface area contributed by atoms with Crippen molar-refractivity contribution in [3.05, 3.63) is 122 Å². The van der Waals surface area contributed by atoms with E-state index in [0.29, 0.717) is 26.8 Å². The van der Waals surface area contributed by atoms with Crippen LogP contribution in [0.5, 0.6) is 5.75 Å². The fourth-order valence-corrected chi connectivity index (χ4v) is 7.57. The predicted octanol–water partition coefficient (Wildman–Crippen LogP) is 6.73. The van der Waals surface area contributed by atoms with Gasteiger partial charge in [-0.25, -0.2) is 0 Å². The fourth-order valence-electron chi connectivity index (χ4n) is 6.70. The van der Waals surface area contributed by atoms with E-state index in [-0.39, 0.29) is 17.3 Å². The Hall–Kier alpha value is -4.00. The molecule has 192 valence electrons. The molecule has 0 bridgehead atoms. The normalized spacial score (nSPS) is 22.1. The summed E-state index contributed by atoms with van der Waals surface area (Å²) in [6.07, 6.45) is 3.81. The second-order valence-corrected chi connectivity index (χ2v) is 11.4. The molecule has 4 aromatic rings. The summed E-state index contributed by atoms with van der Waals surface area (Å²) in [7, 11) is 1.59. The molecule has 0 N–H and O–H groups in total. The van der Waals surface area contributed by atoms with Crippen LogP contribution in [0.1, 0.15) is 47.4 Å². The summed E-state index contributed by atoms with van der Waals surface area (Å²) in [6, 6.07) is 22.0. The first-order valence-electron chi connectivity index (χ1n) is 12.6. The number of fused-ring (bicyclic) bond motifs is 5. The van der Waals surface area contributed by atoms with Crippen molar-refractivity contribution in [2.24, 2.45) is 5.41 Å². The predicted molar refractivity (Wildman–Crippen MR) is 152 cm³/mol. The molecule has 3 heterocycles. The summed E-state index contributed by atoms with van der Waals surface area (Å²) in [5.41, 5.74) is 1.63. The standard InChI is InChI=1S/C32H22ClNO4S/c1-38-21-12-8-18(9-13-21)27-28(29(35)25-7-4-16-39-25)34-24-14-11-20(33)17-19(24)10-15-26(34)32(27)30(36)22-5-2-3-6-23(22)31(32)37/h2-17,26-28H,1H3/t26-,27-,28-/m1/s1. The van der Waals surface area contributed by atoms with Crippen LogP contribution in [-0.4, -0.2) is 36.5 Å². The second-order valence-electron chi connectivity index (χ2n) is 10.0. The Morgan fingerprint density at radius 2 is 1.67 bits per heavy atom. The van der Waals surface area contributed by atoms with Crippen LogP contribution >= 0.6 is 22.9 Å². The van der Waals surface area contributed by atoms with Gasteiger partial charge >= 0.3 is 0 Å². The number of anilines is 1. The Kier molecular flexibility index (Phi) is 5.41. The van der Waals surface area contributed by atoms with Crippen LogP contribution in [0.4, 0.5) is 5.69 Å². The molecule has 0 radical (unpaired) electrons. The van der Waals surface area contributed by atoms with Gasteiger partial charge in [0, 0.05) is 27.8 Å². The number of ether oxygens (including phenoxy) is 1. The van der Waals surface area contributed by atoms with Crippen LogP contribution in [-0.2, 0) is 0 Å². The zero-order valence-corrected chi connectivity index (χ0v) is 22.4. The lowest BCUT2D eigenvalue weighted by molar-refractivity contribution is 0.0666. The summed E-state index contributed by atoms with van der Waals surface area (Å²) in [6.45, 7) is 0. The Morgan fingerprint density at radius 3 is 2.31 bits per heavy atom. The zero-order valence-electron chi connectivity index (χ0n) is 20.8. The van der Waals surface area contributed by atoms with Crippen molar-refractivity contribution < 1.29 is 19.1 Å². The van der Waals surface area contributed by atoms with Gasteiger partial charge in [0.05, 0.1) is 18.0 Å². The minimum atomic E-state index is -1.52. The van der Waals surface area contributed by atoms with Gasteiger partial charge in [0.2, 0.25) is 0 Å². The quantitative estimate of drug-likeness (QED) is 0.208. The number of carbonyl (C=O) groups is 3. The number of methoxy groups -OCH3 is 1. The maximum absolute atomic E-state index is 14.6. The van der Waals surface area contributed by atoms with Gasteiger partial charge in [0.25, 0.3) is 0 Å². The maximum atomic E-state index is 14.6. The van der Waals surface area contributed by atoms with Gasteiger partial charge in [-0.2, -0.15) is 0 Å². The molecule has 1 spiro atoms. The first-order valence-corrected chi connectivity index (χ1v) is 13.9. The molecule has 0 amide bonds. The third-order valence-electron chi connectivity index (χ3n) is 8.27. The van der Waals surface area contributed by atoms with Crippen molar-refractivity contribution in [2.75, 3.05) is 12.0 Å². The molecule has 7 rings (SSSR count). The van der Waals surface area contributed by atoms with E-state index in [0.717, 1.165) is 16.8 Å². The Bertz CT molecular complexity index is 1660. The van der Waals surface area contributed by atoms with E-state index in [1.54, 1.807) is 43.5 Å². The summed E-state index contributed by atoms with van der Waals surface area (Å²) < 4.78 is 5.39. The second kappa shape index (κ2) is 8.76. The molecule has 7 heteroatoms. The van der Waals surface area contributed by atoms with E-state index in [2.05, 4.69) is 0 Å². The van der Waals surface area contributed by atoms with E-state index >= 15 is 0 Å². The monoisotopic (exact) mass is 551 g/mol. The fraction of sp³-hybridized carbons (Fsp3) is 0.156. The van der Waals surface area contributed by atoms with Crippen molar-refractivity contribution in [2.45, 2.75) is 18.0 Å². The van der Waals surface area contributed by atoms with Crippen LogP contribution in [0, 0.1) is 5.41 Å². The zero-order chi connectivity index (χ0) is 26.9. The Morgan fingerprint density at radius 1 is 0.949 bits per heavy atom.